The Hall–Kier alpha value is -0.610. The lowest BCUT2D eigenvalue weighted by Crippen LogP contribution is -2.52. The topological polar surface area (TPSA) is 55.6 Å². The fraction of sp³-hybridized carbons (Fsp3) is 0.889. The van der Waals surface area contributed by atoms with Crippen LogP contribution in [0.3, 0.4) is 0 Å². The highest BCUT2D eigenvalue weighted by atomic mass is 16.5. The molecule has 2 rings (SSSR count). The maximum absolute atomic E-state index is 11.5. The molecule has 0 aromatic carbocycles. The van der Waals surface area contributed by atoms with Gasteiger partial charge in [-0.1, -0.05) is 0 Å². The van der Waals surface area contributed by atoms with E-state index in [9.17, 15) is 4.79 Å². The minimum atomic E-state index is 0.0696. The first-order chi connectivity index (χ1) is 6.33. The van der Waals surface area contributed by atoms with Gasteiger partial charge in [-0.15, -0.1) is 0 Å². The maximum Gasteiger partial charge on any atom is 0.236 e. The molecular formula is C9H16N2O2. The van der Waals surface area contributed by atoms with Gasteiger partial charge >= 0.3 is 0 Å². The molecule has 4 heteroatoms. The Morgan fingerprint density at radius 3 is 3.15 bits per heavy atom. The second kappa shape index (κ2) is 3.64. The highest BCUT2D eigenvalue weighted by Crippen LogP contribution is 2.29. The standard InChI is InChI=1S/C9H16N2O2/c10-6-9(12)11-4-5-13-8-3-1-2-7(8)11/h7-8H,1-6,10H2. The van der Waals surface area contributed by atoms with Gasteiger partial charge in [0.15, 0.2) is 0 Å². The van der Waals surface area contributed by atoms with E-state index in [4.69, 9.17) is 10.5 Å². The molecule has 0 radical (unpaired) electrons. The Kier molecular flexibility index (Phi) is 2.51. The van der Waals surface area contributed by atoms with E-state index < -0.39 is 0 Å². The summed E-state index contributed by atoms with van der Waals surface area (Å²) in [6.07, 6.45) is 3.63. The largest absolute Gasteiger partial charge is 0.374 e. The van der Waals surface area contributed by atoms with Crippen LogP contribution < -0.4 is 5.73 Å². The van der Waals surface area contributed by atoms with E-state index in [0.717, 1.165) is 19.4 Å². The van der Waals surface area contributed by atoms with E-state index >= 15 is 0 Å². The molecule has 2 aliphatic rings. The summed E-state index contributed by atoms with van der Waals surface area (Å²) in [5.41, 5.74) is 5.35. The molecule has 2 N–H and O–H groups in total. The predicted octanol–water partition coefficient (Wildman–Crippen LogP) is -0.275. The van der Waals surface area contributed by atoms with Crippen LogP contribution in [-0.4, -0.2) is 42.6 Å². The van der Waals surface area contributed by atoms with Gasteiger partial charge in [0, 0.05) is 6.54 Å². The van der Waals surface area contributed by atoms with Crippen molar-refractivity contribution in [2.45, 2.75) is 31.4 Å². The highest BCUT2D eigenvalue weighted by molar-refractivity contribution is 5.78. The fourth-order valence-corrected chi connectivity index (χ4v) is 2.35. The van der Waals surface area contributed by atoms with E-state index in [1.807, 2.05) is 4.90 Å². The number of amides is 1. The number of carbonyl (C=O) groups excluding carboxylic acids is 1. The average Bonchev–Trinajstić information content (AvgIpc) is 2.63. The lowest BCUT2D eigenvalue weighted by molar-refractivity contribution is -0.142. The number of carbonyl (C=O) groups is 1. The average molecular weight is 184 g/mol. The molecule has 0 aromatic rings. The van der Waals surface area contributed by atoms with Crippen molar-refractivity contribution >= 4 is 5.91 Å². The van der Waals surface area contributed by atoms with Crippen molar-refractivity contribution in [1.29, 1.82) is 0 Å². The van der Waals surface area contributed by atoms with E-state index in [1.54, 1.807) is 0 Å². The van der Waals surface area contributed by atoms with Crippen molar-refractivity contribution < 1.29 is 9.53 Å². The van der Waals surface area contributed by atoms with Crippen molar-refractivity contribution in [2.75, 3.05) is 19.7 Å². The van der Waals surface area contributed by atoms with Gasteiger partial charge in [-0.25, -0.2) is 0 Å². The number of hydrogen-bond acceptors (Lipinski definition) is 3. The lowest BCUT2D eigenvalue weighted by atomic mass is 10.1. The quantitative estimate of drug-likeness (QED) is 0.610. The fourth-order valence-electron chi connectivity index (χ4n) is 2.35. The molecule has 1 amide bonds. The minimum absolute atomic E-state index is 0.0696. The third-order valence-electron chi connectivity index (χ3n) is 2.98. The van der Waals surface area contributed by atoms with Crippen molar-refractivity contribution in [3.63, 3.8) is 0 Å². The number of rotatable bonds is 1. The molecule has 4 nitrogen and oxygen atoms in total. The molecule has 0 spiro atoms. The van der Waals surface area contributed by atoms with Gasteiger partial charge < -0.3 is 15.4 Å². The first-order valence-corrected chi connectivity index (χ1v) is 4.94. The van der Waals surface area contributed by atoms with E-state index in [-0.39, 0.29) is 18.6 Å². The minimum Gasteiger partial charge on any atom is -0.374 e. The third kappa shape index (κ3) is 1.56. The van der Waals surface area contributed by atoms with Crippen molar-refractivity contribution in [1.82, 2.24) is 4.90 Å². The normalized spacial score (nSPS) is 33.2. The first-order valence-electron chi connectivity index (χ1n) is 4.94. The van der Waals surface area contributed by atoms with Gasteiger partial charge in [0.25, 0.3) is 0 Å². The Balaban J connectivity index is 2.05. The summed E-state index contributed by atoms with van der Waals surface area (Å²) in [7, 11) is 0. The molecule has 0 bridgehead atoms. The summed E-state index contributed by atoms with van der Waals surface area (Å²) in [6, 6.07) is 0.310. The van der Waals surface area contributed by atoms with Crippen LogP contribution in [0.4, 0.5) is 0 Å². The number of fused-ring (bicyclic) bond motifs is 1. The van der Waals surface area contributed by atoms with E-state index in [1.165, 1.54) is 6.42 Å². The zero-order chi connectivity index (χ0) is 9.26. The van der Waals surface area contributed by atoms with Crippen molar-refractivity contribution in [3.8, 4) is 0 Å². The van der Waals surface area contributed by atoms with E-state index in [0.29, 0.717) is 12.6 Å². The van der Waals surface area contributed by atoms with Gasteiger partial charge in [0.05, 0.1) is 25.3 Å². The molecule has 1 heterocycles. The van der Waals surface area contributed by atoms with Gasteiger partial charge in [0.1, 0.15) is 0 Å². The molecule has 1 saturated carbocycles. The summed E-state index contributed by atoms with van der Waals surface area (Å²) < 4.78 is 5.59. The van der Waals surface area contributed by atoms with Gasteiger partial charge in [0.2, 0.25) is 5.91 Å². The first kappa shape index (κ1) is 8.97. The Bertz CT molecular complexity index is 208. The SMILES string of the molecule is NCC(=O)N1CCOC2CCCC21. The van der Waals surface area contributed by atoms with Gasteiger partial charge in [-0.05, 0) is 19.3 Å². The highest BCUT2D eigenvalue weighted by Gasteiger charge is 2.37. The Labute approximate surface area is 78.0 Å². The summed E-state index contributed by atoms with van der Waals surface area (Å²) in [5, 5.41) is 0. The molecule has 1 saturated heterocycles. The van der Waals surface area contributed by atoms with Crippen LogP contribution in [0.25, 0.3) is 0 Å². The monoisotopic (exact) mass is 184 g/mol. The van der Waals surface area contributed by atoms with Crippen LogP contribution in [0, 0.1) is 0 Å². The number of morpholine rings is 1. The molecule has 74 valence electrons. The number of hydrogen-bond donors (Lipinski definition) is 1. The van der Waals surface area contributed by atoms with Gasteiger partial charge in [-0.3, -0.25) is 4.79 Å². The molecule has 2 atom stereocenters. The Morgan fingerprint density at radius 1 is 1.54 bits per heavy atom. The zero-order valence-corrected chi connectivity index (χ0v) is 7.74. The number of nitrogens with two attached hydrogens (primary N) is 1. The van der Waals surface area contributed by atoms with Crippen LogP contribution in [0.1, 0.15) is 19.3 Å². The van der Waals surface area contributed by atoms with E-state index in [2.05, 4.69) is 0 Å². The summed E-state index contributed by atoms with van der Waals surface area (Å²) in [5.74, 6) is 0.0696. The van der Waals surface area contributed by atoms with Crippen molar-refractivity contribution in [3.05, 3.63) is 0 Å². The van der Waals surface area contributed by atoms with Crippen LogP contribution in [0.2, 0.25) is 0 Å². The Morgan fingerprint density at radius 2 is 2.38 bits per heavy atom. The van der Waals surface area contributed by atoms with Gasteiger partial charge in [-0.2, -0.15) is 0 Å². The molecule has 13 heavy (non-hydrogen) atoms. The molecule has 1 aliphatic carbocycles. The van der Waals surface area contributed by atoms with Crippen LogP contribution >= 0.6 is 0 Å². The second-order valence-corrected chi connectivity index (χ2v) is 3.70. The third-order valence-corrected chi connectivity index (χ3v) is 2.98. The maximum atomic E-state index is 11.5. The number of nitrogens with zero attached hydrogens (tertiary/aromatic N) is 1. The molecule has 1 aliphatic heterocycles. The molecular weight excluding hydrogens is 168 g/mol. The van der Waals surface area contributed by atoms with Crippen LogP contribution in [-0.2, 0) is 9.53 Å². The lowest BCUT2D eigenvalue weighted by Gasteiger charge is -2.37. The van der Waals surface area contributed by atoms with Crippen LogP contribution in [0.15, 0.2) is 0 Å². The zero-order valence-electron chi connectivity index (χ0n) is 7.74. The molecule has 0 aromatic heterocycles. The van der Waals surface area contributed by atoms with Crippen LogP contribution in [0.5, 0.6) is 0 Å². The summed E-state index contributed by atoms with van der Waals surface area (Å²) >= 11 is 0. The van der Waals surface area contributed by atoms with Crippen molar-refractivity contribution in [2.24, 2.45) is 5.73 Å². The molecule has 2 fully saturated rings. The number of ether oxygens (including phenoxy) is 1. The smallest absolute Gasteiger partial charge is 0.236 e. The predicted molar refractivity (Wildman–Crippen MR) is 48.1 cm³/mol. The summed E-state index contributed by atoms with van der Waals surface area (Å²) in [6.45, 7) is 1.52. The summed E-state index contributed by atoms with van der Waals surface area (Å²) in [4.78, 5) is 13.4. The molecule has 2 unspecified atom stereocenters. The second-order valence-electron chi connectivity index (χ2n) is 3.70.